The first-order valence-electron chi connectivity index (χ1n) is 2.73. The van der Waals surface area contributed by atoms with Crippen LogP contribution in [0.4, 0.5) is 0 Å². The van der Waals surface area contributed by atoms with E-state index in [1.807, 2.05) is 13.0 Å². The highest BCUT2D eigenvalue weighted by molar-refractivity contribution is 9.11. The third kappa shape index (κ3) is 1.56. The maximum atomic E-state index is 8.98. The Labute approximate surface area is 62.6 Å². The normalized spacial score (nSPS) is 26.3. The number of hydrogen-bond acceptors (Lipinski definition) is 2. The number of nitrogens with zero attached hydrogens (tertiary/aromatic N) is 1. The van der Waals surface area contributed by atoms with E-state index in [0.29, 0.717) is 0 Å². The monoisotopic (exact) mass is 189 g/mol. The van der Waals surface area contributed by atoms with Gasteiger partial charge in [-0.1, -0.05) is 15.9 Å². The summed E-state index contributed by atoms with van der Waals surface area (Å²) in [4.78, 5) is 0. The molecule has 1 atom stereocenters. The third-order valence-electron chi connectivity index (χ3n) is 1.20. The summed E-state index contributed by atoms with van der Waals surface area (Å²) in [6, 6.07) is 0.0735. The molecule has 1 aliphatic heterocycles. The molecule has 1 N–H and O–H groups in total. The Morgan fingerprint density at radius 3 is 2.89 bits per heavy atom. The summed E-state index contributed by atoms with van der Waals surface area (Å²) in [5.41, 5.74) is 0. The van der Waals surface area contributed by atoms with Crippen LogP contribution < -0.4 is 0 Å². The fourth-order valence-corrected chi connectivity index (χ4v) is 1.15. The van der Waals surface area contributed by atoms with E-state index in [0.717, 1.165) is 9.55 Å². The smallest absolute Gasteiger partial charge is 0.0722 e. The Hall–Kier alpha value is -0.280. The van der Waals surface area contributed by atoms with Gasteiger partial charge in [-0.05, 0) is 19.1 Å². The van der Waals surface area contributed by atoms with Crippen LogP contribution in [0.3, 0.4) is 0 Å². The van der Waals surface area contributed by atoms with Crippen LogP contribution in [-0.4, -0.2) is 16.3 Å². The molecule has 50 valence electrons. The Morgan fingerprint density at radius 2 is 2.44 bits per heavy atom. The van der Waals surface area contributed by atoms with Gasteiger partial charge < -0.3 is 0 Å². The molecule has 0 amide bonds. The topological polar surface area (TPSA) is 23.5 Å². The van der Waals surface area contributed by atoms with Crippen molar-refractivity contribution in [1.29, 1.82) is 0 Å². The SMILES string of the molecule is CC1C=C(Br)C=CN1O. The molecule has 0 saturated heterocycles. The molecule has 1 aliphatic rings. The number of allylic oxidation sites excluding steroid dienone is 2. The van der Waals surface area contributed by atoms with Crippen LogP contribution in [0.5, 0.6) is 0 Å². The first kappa shape index (κ1) is 6.83. The van der Waals surface area contributed by atoms with Crippen molar-refractivity contribution in [1.82, 2.24) is 5.06 Å². The van der Waals surface area contributed by atoms with E-state index in [-0.39, 0.29) is 6.04 Å². The highest BCUT2D eigenvalue weighted by Crippen LogP contribution is 2.15. The summed E-state index contributed by atoms with van der Waals surface area (Å²) in [6.45, 7) is 1.91. The van der Waals surface area contributed by atoms with Crippen LogP contribution in [0.2, 0.25) is 0 Å². The minimum Gasteiger partial charge on any atom is -0.288 e. The molecule has 0 fully saturated rings. The van der Waals surface area contributed by atoms with Crippen LogP contribution in [0, 0.1) is 0 Å². The van der Waals surface area contributed by atoms with E-state index < -0.39 is 0 Å². The minimum atomic E-state index is 0.0735. The third-order valence-corrected chi connectivity index (χ3v) is 1.73. The van der Waals surface area contributed by atoms with Gasteiger partial charge >= 0.3 is 0 Å². The van der Waals surface area contributed by atoms with E-state index in [1.165, 1.54) is 0 Å². The zero-order chi connectivity index (χ0) is 6.85. The molecule has 0 radical (unpaired) electrons. The molecule has 2 nitrogen and oxygen atoms in total. The summed E-state index contributed by atoms with van der Waals surface area (Å²) < 4.78 is 1.01. The summed E-state index contributed by atoms with van der Waals surface area (Å²) in [5.74, 6) is 0. The number of hydrogen-bond donors (Lipinski definition) is 1. The molecule has 0 aromatic rings. The van der Waals surface area contributed by atoms with Gasteiger partial charge in [-0.15, -0.1) is 0 Å². The fourth-order valence-electron chi connectivity index (χ4n) is 0.646. The molecular weight excluding hydrogens is 182 g/mol. The van der Waals surface area contributed by atoms with Crippen molar-refractivity contribution in [2.75, 3.05) is 0 Å². The van der Waals surface area contributed by atoms with E-state index in [9.17, 15) is 0 Å². The van der Waals surface area contributed by atoms with Crippen molar-refractivity contribution in [2.24, 2.45) is 0 Å². The first-order valence-corrected chi connectivity index (χ1v) is 3.52. The lowest BCUT2D eigenvalue weighted by atomic mass is 10.2. The largest absolute Gasteiger partial charge is 0.288 e. The first-order chi connectivity index (χ1) is 4.20. The molecule has 0 aromatic carbocycles. The Bertz CT molecular complexity index is 164. The molecule has 0 saturated carbocycles. The fraction of sp³-hybridized carbons (Fsp3) is 0.333. The molecule has 0 spiro atoms. The second kappa shape index (κ2) is 2.54. The van der Waals surface area contributed by atoms with Crippen LogP contribution in [0.1, 0.15) is 6.92 Å². The van der Waals surface area contributed by atoms with Crippen molar-refractivity contribution in [3.63, 3.8) is 0 Å². The second-order valence-electron chi connectivity index (χ2n) is 1.99. The quantitative estimate of drug-likeness (QED) is 0.630. The zero-order valence-corrected chi connectivity index (χ0v) is 6.67. The predicted octanol–water partition coefficient (Wildman–Crippen LogP) is 1.87. The van der Waals surface area contributed by atoms with Crippen molar-refractivity contribution in [3.05, 3.63) is 22.8 Å². The van der Waals surface area contributed by atoms with Crippen molar-refractivity contribution >= 4 is 15.9 Å². The van der Waals surface area contributed by atoms with Gasteiger partial charge in [0.15, 0.2) is 0 Å². The van der Waals surface area contributed by atoms with Gasteiger partial charge in [0.25, 0.3) is 0 Å². The standard InChI is InChI=1S/C6H8BrNO/c1-5-4-6(7)2-3-8(5)9/h2-5,9H,1H3. The van der Waals surface area contributed by atoms with Gasteiger partial charge in [0.2, 0.25) is 0 Å². The van der Waals surface area contributed by atoms with Crippen LogP contribution in [0.15, 0.2) is 22.8 Å². The maximum Gasteiger partial charge on any atom is 0.0722 e. The Balaban J connectivity index is 2.70. The van der Waals surface area contributed by atoms with Gasteiger partial charge in [-0.25, -0.2) is 0 Å². The number of halogens is 1. The number of rotatable bonds is 0. The summed E-state index contributed by atoms with van der Waals surface area (Å²) >= 11 is 3.29. The highest BCUT2D eigenvalue weighted by atomic mass is 79.9. The summed E-state index contributed by atoms with van der Waals surface area (Å²) in [7, 11) is 0. The van der Waals surface area contributed by atoms with Crippen LogP contribution in [0.25, 0.3) is 0 Å². The lowest BCUT2D eigenvalue weighted by molar-refractivity contribution is -0.0604. The lowest BCUT2D eigenvalue weighted by Crippen LogP contribution is -2.24. The van der Waals surface area contributed by atoms with Crippen LogP contribution >= 0.6 is 15.9 Å². The van der Waals surface area contributed by atoms with Gasteiger partial charge in [-0.3, -0.25) is 10.3 Å². The molecular formula is C6H8BrNO. The molecule has 1 rings (SSSR count). The molecule has 0 aliphatic carbocycles. The van der Waals surface area contributed by atoms with E-state index in [1.54, 1.807) is 12.3 Å². The average Bonchev–Trinajstić information content (AvgIpc) is 1.80. The van der Waals surface area contributed by atoms with E-state index in [4.69, 9.17) is 5.21 Å². The Kier molecular flexibility index (Phi) is 1.93. The molecule has 3 heteroatoms. The van der Waals surface area contributed by atoms with Crippen molar-refractivity contribution in [3.8, 4) is 0 Å². The van der Waals surface area contributed by atoms with Gasteiger partial charge in [0.1, 0.15) is 0 Å². The lowest BCUT2D eigenvalue weighted by Gasteiger charge is -2.20. The van der Waals surface area contributed by atoms with Gasteiger partial charge in [-0.2, -0.15) is 0 Å². The number of hydroxylamine groups is 2. The summed E-state index contributed by atoms with van der Waals surface area (Å²) in [5, 5.41) is 10.1. The van der Waals surface area contributed by atoms with Gasteiger partial charge in [0.05, 0.1) is 6.04 Å². The molecule has 9 heavy (non-hydrogen) atoms. The zero-order valence-electron chi connectivity index (χ0n) is 5.08. The average molecular weight is 190 g/mol. The van der Waals surface area contributed by atoms with Gasteiger partial charge in [0, 0.05) is 10.7 Å². The van der Waals surface area contributed by atoms with Crippen LogP contribution in [-0.2, 0) is 0 Å². The maximum absolute atomic E-state index is 8.98. The molecule has 0 bridgehead atoms. The summed E-state index contributed by atoms with van der Waals surface area (Å²) in [6.07, 6.45) is 5.33. The predicted molar refractivity (Wildman–Crippen MR) is 39.2 cm³/mol. The van der Waals surface area contributed by atoms with Crippen molar-refractivity contribution in [2.45, 2.75) is 13.0 Å². The van der Waals surface area contributed by atoms with E-state index >= 15 is 0 Å². The molecule has 1 heterocycles. The van der Waals surface area contributed by atoms with E-state index in [2.05, 4.69) is 15.9 Å². The second-order valence-corrected chi connectivity index (χ2v) is 2.90. The minimum absolute atomic E-state index is 0.0735. The highest BCUT2D eigenvalue weighted by Gasteiger charge is 2.07. The van der Waals surface area contributed by atoms with Crippen molar-refractivity contribution < 1.29 is 5.21 Å². The molecule has 1 unspecified atom stereocenters. The molecule has 0 aromatic heterocycles. The Morgan fingerprint density at radius 1 is 1.78 bits per heavy atom.